The smallest absolute Gasteiger partial charge is 0.368 e. The molecule has 2 saturated carbocycles. The molecule has 5 N–H and O–H groups in total. The fourth-order valence-corrected chi connectivity index (χ4v) is 7.54. The molecule has 4 fully saturated rings. The fraction of sp³-hybridized carbons (Fsp3) is 0.741. The van der Waals surface area contributed by atoms with Gasteiger partial charge in [0, 0.05) is 19.0 Å². The third-order valence-electron chi connectivity index (χ3n) is 9.52. The van der Waals surface area contributed by atoms with E-state index in [1.807, 2.05) is 5.32 Å². The summed E-state index contributed by atoms with van der Waals surface area (Å²) in [4.78, 5) is 65.5. The summed E-state index contributed by atoms with van der Waals surface area (Å²) in [6, 6.07) is -3.78. The second-order valence-corrected chi connectivity index (χ2v) is 13.0. The molecule has 0 aromatic rings. The standard InChI is InChI=1S/C27H36F3N5O5/c1-26(2,3)20(34-25(40)27(28,29)30)24(39)35-10-16-12-4-5-13(15-9-14(12)15)18(16)19(35)23(38)33-17(21(31)36)8-11-6-7-32-22(11)37/h4-5,11-20H,6-10H2,1-3H3,(H2,31,36)(H,32,37)(H,33,38)(H,34,40)/t11-,12+,13-,14-,15+,16+,17-,18-,19-,20+/m0/s1. The van der Waals surface area contributed by atoms with Gasteiger partial charge in [-0.15, -0.1) is 0 Å². The van der Waals surface area contributed by atoms with E-state index in [-0.39, 0.29) is 42.5 Å². The van der Waals surface area contributed by atoms with Gasteiger partial charge in [0.1, 0.15) is 18.1 Å². The highest BCUT2D eigenvalue weighted by Gasteiger charge is 2.66. The van der Waals surface area contributed by atoms with Crippen LogP contribution in [0.3, 0.4) is 0 Å². The van der Waals surface area contributed by atoms with E-state index in [2.05, 4.69) is 22.8 Å². The molecule has 5 amide bonds. The van der Waals surface area contributed by atoms with Gasteiger partial charge in [0.05, 0.1) is 0 Å². The first-order chi connectivity index (χ1) is 18.6. The first-order valence-corrected chi connectivity index (χ1v) is 13.8. The molecule has 2 aliphatic heterocycles. The molecule has 220 valence electrons. The van der Waals surface area contributed by atoms with E-state index >= 15 is 0 Å². The summed E-state index contributed by atoms with van der Waals surface area (Å²) in [6.45, 7) is 5.23. The third kappa shape index (κ3) is 4.96. The first-order valence-electron chi connectivity index (χ1n) is 13.8. The Kier molecular flexibility index (Phi) is 6.93. The summed E-state index contributed by atoms with van der Waals surface area (Å²) in [5, 5.41) is 7.22. The van der Waals surface area contributed by atoms with E-state index in [1.165, 1.54) is 4.90 Å². The van der Waals surface area contributed by atoms with Gasteiger partial charge in [-0.2, -0.15) is 13.2 Å². The van der Waals surface area contributed by atoms with Gasteiger partial charge in [0.15, 0.2) is 0 Å². The van der Waals surface area contributed by atoms with Crippen molar-refractivity contribution in [1.29, 1.82) is 0 Å². The minimum Gasteiger partial charge on any atom is -0.368 e. The Labute approximate surface area is 230 Å². The highest BCUT2D eigenvalue weighted by Crippen LogP contribution is 2.66. The predicted octanol–water partition coefficient (Wildman–Crippen LogP) is 0.471. The minimum atomic E-state index is -5.19. The van der Waals surface area contributed by atoms with Gasteiger partial charge in [-0.05, 0) is 60.2 Å². The van der Waals surface area contributed by atoms with Crippen LogP contribution in [-0.4, -0.2) is 71.8 Å². The number of amides is 5. The summed E-state index contributed by atoms with van der Waals surface area (Å²) in [5.41, 5.74) is 4.49. The molecule has 6 rings (SSSR count). The van der Waals surface area contributed by atoms with Gasteiger partial charge >= 0.3 is 12.1 Å². The number of nitrogens with two attached hydrogens (primary N) is 1. The monoisotopic (exact) mass is 567 g/mol. The summed E-state index contributed by atoms with van der Waals surface area (Å²) in [5.74, 6) is -4.58. The molecule has 2 bridgehead atoms. The van der Waals surface area contributed by atoms with Crippen LogP contribution in [-0.2, 0) is 24.0 Å². The van der Waals surface area contributed by atoms with Crippen LogP contribution in [0.2, 0.25) is 0 Å². The van der Waals surface area contributed by atoms with Crippen molar-refractivity contribution in [3.8, 4) is 0 Å². The van der Waals surface area contributed by atoms with E-state index in [1.54, 1.807) is 20.8 Å². The molecule has 4 aliphatic carbocycles. The topological polar surface area (TPSA) is 151 Å². The van der Waals surface area contributed by atoms with Crippen molar-refractivity contribution in [2.75, 3.05) is 13.1 Å². The molecule has 0 aromatic heterocycles. The number of hydrogen-bond acceptors (Lipinski definition) is 5. The largest absolute Gasteiger partial charge is 0.471 e. The van der Waals surface area contributed by atoms with Crippen LogP contribution in [0, 0.1) is 46.8 Å². The van der Waals surface area contributed by atoms with Gasteiger partial charge in [0.25, 0.3) is 0 Å². The maximum Gasteiger partial charge on any atom is 0.471 e. The summed E-state index contributed by atoms with van der Waals surface area (Å²) < 4.78 is 39.5. The Morgan fingerprint density at radius 2 is 1.73 bits per heavy atom. The summed E-state index contributed by atoms with van der Waals surface area (Å²) >= 11 is 0. The molecule has 10 nitrogen and oxygen atoms in total. The van der Waals surface area contributed by atoms with Crippen LogP contribution in [0.25, 0.3) is 0 Å². The number of hydrogen-bond donors (Lipinski definition) is 4. The van der Waals surface area contributed by atoms with E-state index in [9.17, 15) is 37.1 Å². The van der Waals surface area contributed by atoms with E-state index < -0.39 is 59.3 Å². The lowest BCUT2D eigenvalue weighted by molar-refractivity contribution is -0.176. The highest BCUT2D eigenvalue weighted by atomic mass is 19.4. The number of allylic oxidation sites excluding steroid dienone is 2. The molecule has 0 spiro atoms. The number of carbonyl (C=O) groups is 5. The minimum absolute atomic E-state index is 0.00454. The molecule has 6 aliphatic rings. The SMILES string of the molecule is CC(C)(C)[C@H](NC(=O)C(F)(F)F)C(=O)N1C[C@@H]2[C@@H]3C=C[C@@H]([C@H]4C[C@@H]34)[C@@H]2[C@H]1C(=O)N[C@@H](C[C@@H]1CCNC1=O)C(N)=O. The number of primary amides is 1. The van der Waals surface area contributed by atoms with Gasteiger partial charge in [-0.25, -0.2) is 0 Å². The van der Waals surface area contributed by atoms with Crippen LogP contribution in [0.15, 0.2) is 12.2 Å². The number of nitrogens with one attached hydrogen (secondary N) is 3. The molecule has 40 heavy (non-hydrogen) atoms. The summed E-state index contributed by atoms with van der Waals surface area (Å²) in [6.07, 6.45) is 0.525. The van der Waals surface area contributed by atoms with Crippen LogP contribution >= 0.6 is 0 Å². The Balaban J connectivity index is 1.44. The lowest BCUT2D eigenvalue weighted by atomic mass is 9.62. The molecule has 0 unspecified atom stereocenters. The van der Waals surface area contributed by atoms with Gasteiger partial charge < -0.3 is 26.6 Å². The molecule has 13 heteroatoms. The zero-order valence-corrected chi connectivity index (χ0v) is 22.7. The van der Waals surface area contributed by atoms with Crippen molar-refractivity contribution in [2.24, 2.45) is 52.6 Å². The van der Waals surface area contributed by atoms with Crippen molar-refractivity contribution in [3.05, 3.63) is 12.2 Å². The quantitative estimate of drug-likeness (QED) is 0.330. The Morgan fingerprint density at radius 3 is 2.30 bits per heavy atom. The molecular weight excluding hydrogens is 531 g/mol. The van der Waals surface area contributed by atoms with Crippen molar-refractivity contribution in [3.63, 3.8) is 0 Å². The fourth-order valence-electron chi connectivity index (χ4n) is 7.54. The molecular formula is C27H36F3N5O5. The maximum atomic E-state index is 14.0. The van der Waals surface area contributed by atoms with Crippen LogP contribution in [0.1, 0.15) is 40.0 Å². The van der Waals surface area contributed by atoms with Crippen LogP contribution in [0.4, 0.5) is 13.2 Å². The molecule has 0 radical (unpaired) electrons. The highest BCUT2D eigenvalue weighted by molar-refractivity contribution is 5.96. The second kappa shape index (κ2) is 9.76. The van der Waals surface area contributed by atoms with Gasteiger partial charge in [-0.1, -0.05) is 32.9 Å². The number of alkyl halides is 3. The normalized spacial score (nSPS) is 35.4. The van der Waals surface area contributed by atoms with Crippen molar-refractivity contribution in [2.45, 2.75) is 64.3 Å². The predicted molar refractivity (Wildman–Crippen MR) is 134 cm³/mol. The lowest BCUT2D eigenvalue weighted by Crippen LogP contribution is -2.61. The Morgan fingerprint density at radius 1 is 1.07 bits per heavy atom. The molecule has 10 atom stereocenters. The number of halogens is 3. The van der Waals surface area contributed by atoms with Crippen molar-refractivity contribution >= 4 is 29.5 Å². The van der Waals surface area contributed by atoms with Gasteiger partial charge in [-0.3, -0.25) is 24.0 Å². The number of carbonyl (C=O) groups excluding carboxylic acids is 5. The zero-order valence-electron chi connectivity index (χ0n) is 22.7. The van der Waals surface area contributed by atoms with Crippen LogP contribution in [0.5, 0.6) is 0 Å². The number of rotatable bonds is 7. The molecule has 2 saturated heterocycles. The zero-order chi connectivity index (χ0) is 29.3. The lowest BCUT2D eigenvalue weighted by Gasteiger charge is -2.42. The van der Waals surface area contributed by atoms with Crippen LogP contribution < -0.4 is 21.7 Å². The van der Waals surface area contributed by atoms with E-state index in [4.69, 9.17) is 5.73 Å². The molecule has 0 aromatic carbocycles. The van der Waals surface area contributed by atoms with E-state index in [0.29, 0.717) is 24.8 Å². The number of likely N-dealkylation sites (tertiary alicyclic amines) is 1. The Hall–Kier alpha value is -3.12. The average molecular weight is 568 g/mol. The average Bonchev–Trinajstić information content (AvgIpc) is 3.43. The summed E-state index contributed by atoms with van der Waals surface area (Å²) in [7, 11) is 0. The third-order valence-corrected chi connectivity index (χ3v) is 9.52. The first kappa shape index (κ1) is 28.4. The Bertz CT molecular complexity index is 1150. The maximum absolute atomic E-state index is 14.0. The molecule has 2 heterocycles. The van der Waals surface area contributed by atoms with E-state index in [0.717, 1.165) is 6.42 Å². The van der Waals surface area contributed by atoms with Crippen molar-refractivity contribution in [1.82, 2.24) is 20.9 Å². The van der Waals surface area contributed by atoms with Gasteiger partial charge in [0.2, 0.25) is 23.6 Å². The second-order valence-electron chi connectivity index (χ2n) is 13.0. The number of nitrogens with zero attached hydrogens (tertiary/aromatic N) is 1. The van der Waals surface area contributed by atoms with Crippen molar-refractivity contribution < 1.29 is 37.1 Å².